The smallest absolute Gasteiger partial charge is 0.441 e. The maximum Gasteiger partial charge on any atom is 0.441 e. The average Bonchev–Trinajstić information content (AvgIpc) is 2.42. The van der Waals surface area contributed by atoms with Crippen molar-refractivity contribution in [1.29, 1.82) is 0 Å². The molecule has 21 heavy (non-hydrogen) atoms. The highest BCUT2D eigenvalue weighted by molar-refractivity contribution is 8.00. The Balaban J connectivity index is 2.23. The van der Waals surface area contributed by atoms with E-state index < -0.39 is 11.5 Å². The molecule has 0 radical (unpaired) electrons. The van der Waals surface area contributed by atoms with Crippen molar-refractivity contribution in [1.82, 2.24) is 10.2 Å². The second-order valence-electron chi connectivity index (χ2n) is 3.97. The van der Waals surface area contributed by atoms with Gasteiger partial charge in [0.15, 0.2) is 5.69 Å². The molecule has 9 heteroatoms. The lowest BCUT2D eigenvalue weighted by molar-refractivity contribution is -0.0327. The largest absolute Gasteiger partial charge is 0.476 e. The van der Waals surface area contributed by atoms with E-state index >= 15 is 0 Å². The molecule has 0 aliphatic heterocycles. The van der Waals surface area contributed by atoms with Gasteiger partial charge in [0.2, 0.25) is 0 Å². The molecule has 1 aromatic heterocycles. The first-order valence-electron chi connectivity index (χ1n) is 5.82. The summed E-state index contributed by atoms with van der Waals surface area (Å²) in [5, 5.41) is 19.7. The van der Waals surface area contributed by atoms with Gasteiger partial charge in [-0.1, -0.05) is 18.2 Å². The van der Waals surface area contributed by atoms with Crippen LogP contribution in [0.3, 0.4) is 0 Å². The first kappa shape index (κ1) is 15.4. The van der Waals surface area contributed by atoms with Crippen LogP contribution in [0.1, 0.15) is 10.5 Å². The Morgan fingerprint density at radius 2 is 2.00 bits per heavy atom. The second kappa shape index (κ2) is 6.17. The van der Waals surface area contributed by atoms with Crippen LogP contribution < -0.4 is 5.32 Å². The maximum absolute atomic E-state index is 12.1. The molecule has 0 atom stereocenters. The summed E-state index contributed by atoms with van der Waals surface area (Å²) < 4.78 is 36.2. The third kappa shape index (κ3) is 3.97. The molecule has 2 N–H and O–H groups in total. The number of aromatic nitrogens is 2. The van der Waals surface area contributed by atoms with E-state index in [1.54, 1.807) is 24.3 Å². The standard InChI is InChI=1S/C12H10F3N3O2S/c13-12(14,15)21-6-5-16-9-7-3-1-2-4-8(7)17-18-10(9)11(19)20/h1-4H,5-6H2,(H,16,17)(H,19,20). The van der Waals surface area contributed by atoms with Gasteiger partial charge in [0.1, 0.15) is 0 Å². The molecule has 0 saturated heterocycles. The van der Waals surface area contributed by atoms with Crippen LogP contribution in [-0.2, 0) is 0 Å². The van der Waals surface area contributed by atoms with Crippen molar-refractivity contribution >= 4 is 34.3 Å². The number of alkyl halides is 3. The lowest BCUT2D eigenvalue weighted by atomic mass is 10.1. The number of hydrogen-bond acceptors (Lipinski definition) is 5. The minimum absolute atomic E-state index is 0.0415. The topological polar surface area (TPSA) is 75.1 Å². The SMILES string of the molecule is O=C(O)c1nnc2ccccc2c1NCCSC(F)(F)F. The highest BCUT2D eigenvalue weighted by atomic mass is 32.2. The molecular formula is C12H10F3N3O2S. The summed E-state index contributed by atoms with van der Waals surface area (Å²) in [6.07, 6.45) is 0. The van der Waals surface area contributed by atoms with E-state index in [1.807, 2.05) is 0 Å². The van der Waals surface area contributed by atoms with Gasteiger partial charge in [-0.2, -0.15) is 13.2 Å². The Labute approximate surface area is 121 Å². The van der Waals surface area contributed by atoms with Crippen LogP contribution in [0.2, 0.25) is 0 Å². The van der Waals surface area contributed by atoms with E-state index in [9.17, 15) is 18.0 Å². The van der Waals surface area contributed by atoms with E-state index in [4.69, 9.17) is 5.11 Å². The number of benzene rings is 1. The minimum atomic E-state index is -4.31. The summed E-state index contributed by atoms with van der Waals surface area (Å²) in [7, 11) is 0. The fourth-order valence-electron chi connectivity index (χ4n) is 1.73. The van der Waals surface area contributed by atoms with Crippen LogP contribution in [0.25, 0.3) is 10.9 Å². The zero-order valence-electron chi connectivity index (χ0n) is 10.5. The van der Waals surface area contributed by atoms with Crippen LogP contribution in [-0.4, -0.2) is 39.1 Å². The van der Waals surface area contributed by atoms with Crippen LogP contribution in [0.5, 0.6) is 0 Å². The van der Waals surface area contributed by atoms with Gasteiger partial charge in [-0.25, -0.2) is 4.79 Å². The highest BCUT2D eigenvalue weighted by Crippen LogP contribution is 2.30. The van der Waals surface area contributed by atoms with Crippen LogP contribution >= 0.6 is 11.8 Å². The number of thioether (sulfide) groups is 1. The Morgan fingerprint density at radius 1 is 1.29 bits per heavy atom. The molecule has 112 valence electrons. The fraction of sp³-hybridized carbons (Fsp3) is 0.250. The molecule has 1 heterocycles. The van der Waals surface area contributed by atoms with E-state index in [0.29, 0.717) is 10.9 Å². The number of hydrogen-bond donors (Lipinski definition) is 2. The van der Waals surface area contributed by atoms with Gasteiger partial charge in [-0.3, -0.25) is 0 Å². The van der Waals surface area contributed by atoms with Gasteiger partial charge in [0.05, 0.1) is 11.2 Å². The molecular weight excluding hydrogens is 307 g/mol. The Bertz CT molecular complexity index is 664. The number of nitrogens with zero attached hydrogens (tertiary/aromatic N) is 2. The predicted octanol–water partition coefficient (Wildman–Crippen LogP) is 2.99. The predicted molar refractivity (Wildman–Crippen MR) is 73.5 cm³/mol. The van der Waals surface area contributed by atoms with Crippen molar-refractivity contribution in [2.75, 3.05) is 17.6 Å². The minimum Gasteiger partial charge on any atom is -0.476 e. The van der Waals surface area contributed by atoms with Crippen molar-refractivity contribution in [3.8, 4) is 0 Å². The summed E-state index contributed by atoms with van der Waals surface area (Å²) in [5.41, 5.74) is -3.98. The maximum atomic E-state index is 12.1. The van der Waals surface area contributed by atoms with E-state index in [-0.39, 0.29) is 35.4 Å². The fourth-order valence-corrected chi connectivity index (χ4v) is 2.16. The quantitative estimate of drug-likeness (QED) is 0.826. The van der Waals surface area contributed by atoms with Crippen LogP contribution in [0, 0.1) is 0 Å². The molecule has 0 unspecified atom stereocenters. The summed E-state index contributed by atoms with van der Waals surface area (Å²) >= 11 is -0.173. The molecule has 1 aromatic carbocycles. The number of nitrogens with one attached hydrogen (secondary N) is 1. The highest BCUT2D eigenvalue weighted by Gasteiger charge is 2.27. The number of halogens is 3. The number of carbonyl (C=O) groups is 1. The van der Waals surface area contributed by atoms with Crippen molar-refractivity contribution in [2.24, 2.45) is 0 Å². The van der Waals surface area contributed by atoms with Gasteiger partial charge in [-0.05, 0) is 17.8 Å². The Morgan fingerprint density at radius 3 is 2.67 bits per heavy atom. The van der Waals surface area contributed by atoms with Crippen molar-refractivity contribution in [2.45, 2.75) is 5.51 Å². The van der Waals surface area contributed by atoms with Gasteiger partial charge >= 0.3 is 11.5 Å². The van der Waals surface area contributed by atoms with Crippen LogP contribution in [0.4, 0.5) is 18.9 Å². The van der Waals surface area contributed by atoms with Gasteiger partial charge in [0.25, 0.3) is 0 Å². The molecule has 0 bridgehead atoms. The second-order valence-corrected chi connectivity index (χ2v) is 5.13. The molecule has 0 spiro atoms. The average molecular weight is 317 g/mol. The van der Waals surface area contributed by atoms with Gasteiger partial charge < -0.3 is 10.4 Å². The monoisotopic (exact) mass is 317 g/mol. The summed E-state index contributed by atoms with van der Waals surface area (Å²) in [6.45, 7) is -0.0415. The first-order chi connectivity index (χ1) is 9.88. The lowest BCUT2D eigenvalue weighted by Gasteiger charge is -2.11. The zero-order chi connectivity index (χ0) is 15.5. The van der Waals surface area contributed by atoms with Gasteiger partial charge in [-0.15, -0.1) is 10.2 Å². The summed E-state index contributed by atoms with van der Waals surface area (Å²) in [6, 6.07) is 6.67. The number of aromatic carboxylic acids is 1. The number of fused-ring (bicyclic) bond motifs is 1. The molecule has 0 saturated carbocycles. The number of rotatable bonds is 5. The lowest BCUT2D eigenvalue weighted by Crippen LogP contribution is -2.14. The van der Waals surface area contributed by atoms with Crippen molar-refractivity contribution in [3.63, 3.8) is 0 Å². The normalized spacial score (nSPS) is 11.6. The molecule has 2 aromatic rings. The van der Waals surface area contributed by atoms with Gasteiger partial charge in [0, 0.05) is 17.7 Å². The molecule has 0 aliphatic carbocycles. The van der Waals surface area contributed by atoms with Crippen molar-refractivity contribution < 1.29 is 23.1 Å². The number of carboxylic acid groups (broad SMARTS) is 1. The Hall–Kier alpha value is -2.03. The third-order valence-corrected chi connectivity index (χ3v) is 3.28. The summed E-state index contributed by atoms with van der Waals surface area (Å²) in [4.78, 5) is 11.1. The van der Waals surface area contributed by atoms with E-state index in [0.717, 1.165) is 0 Å². The molecule has 0 amide bonds. The van der Waals surface area contributed by atoms with E-state index in [2.05, 4.69) is 15.5 Å². The van der Waals surface area contributed by atoms with E-state index in [1.165, 1.54) is 0 Å². The molecule has 5 nitrogen and oxygen atoms in total. The first-order valence-corrected chi connectivity index (χ1v) is 6.80. The Kier molecular flexibility index (Phi) is 4.51. The summed E-state index contributed by atoms with van der Waals surface area (Å²) in [5.74, 6) is -1.53. The molecule has 0 aliphatic rings. The zero-order valence-corrected chi connectivity index (χ0v) is 11.3. The van der Waals surface area contributed by atoms with Crippen LogP contribution in [0.15, 0.2) is 24.3 Å². The molecule has 0 fully saturated rings. The third-order valence-electron chi connectivity index (χ3n) is 2.54. The molecule has 2 rings (SSSR count). The number of anilines is 1. The van der Waals surface area contributed by atoms with Crippen molar-refractivity contribution in [3.05, 3.63) is 30.0 Å². The number of carboxylic acids is 1.